The number of nitrogens with one attached hydrogen (secondary N) is 1. The molecule has 0 saturated heterocycles. The van der Waals surface area contributed by atoms with Gasteiger partial charge >= 0.3 is 0 Å². The van der Waals surface area contributed by atoms with E-state index in [1.165, 1.54) is 0 Å². The van der Waals surface area contributed by atoms with Gasteiger partial charge in [0.05, 0.1) is 11.6 Å². The van der Waals surface area contributed by atoms with Crippen LogP contribution in [0.5, 0.6) is 11.5 Å². The van der Waals surface area contributed by atoms with Crippen LogP contribution < -0.4 is 14.8 Å². The Morgan fingerprint density at radius 2 is 1.77 bits per heavy atom. The van der Waals surface area contributed by atoms with Crippen LogP contribution in [0.1, 0.15) is 38.2 Å². The quantitative estimate of drug-likeness (QED) is 0.392. The highest BCUT2D eigenvalue weighted by molar-refractivity contribution is 9.10. The van der Waals surface area contributed by atoms with E-state index in [1.807, 2.05) is 60.7 Å². The van der Waals surface area contributed by atoms with Crippen molar-refractivity contribution >= 4 is 38.5 Å². The second-order valence-corrected chi connectivity index (χ2v) is 9.72. The molecular weight excluding hydrogens is 508 g/mol. The second-order valence-electron chi connectivity index (χ2n) is 8.92. The minimum absolute atomic E-state index is 0.134. The van der Waals surface area contributed by atoms with E-state index in [0.29, 0.717) is 12.3 Å². The molecule has 0 spiro atoms. The molecule has 2 amide bonds. The maximum Gasteiger partial charge on any atom is 0.261 e. The Morgan fingerprint density at radius 3 is 2.49 bits per heavy atom. The molecule has 1 aliphatic carbocycles. The average Bonchev–Trinajstić information content (AvgIpc) is 3.40. The molecule has 1 aliphatic rings. The molecule has 7 heteroatoms. The number of methoxy groups -OCH3 is 1. The molecule has 0 heterocycles. The number of hydrogen-bond acceptors (Lipinski definition) is 4. The predicted octanol–water partition coefficient (Wildman–Crippen LogP) is 5.47. The smallest absolute Gasteiger partial charge is 0.261 e. The predicted molar refractivity (Wildman–Crippen MR) is 141 cm³/mol. The lowest BCUT2D eigenvalue weighted by molar-refractivity contribution is -0.142. The maximum atomic E-state index is 13.4. The van der Waals surface area contributed by atoms with Crippen molar-refractivity contribution in [3.63, 3.8) is 0 Å². The standard InChI is InChI=1S/C28H31BrN2O4/c1-19(28(33)30-22-8-4-5-9-22)31(17-20-11-14-23(34-2)15-12-20)26(32)18-35-25-16-13-21-7-3-6-10-24(21)27(25)29/h3,6-7,10-16,19,22H,4-5,8-9,17-18H2,1-2H3,(H,30,33)/t19-/m0/s1. The zero-order valence-electron chi connectivity index (χ0n) is 20.1. The van der Waals surface area contributed by atoms with Gasteiger partial charge in [0.2, 0.25) is 5.91 Å². The van der Waals surface area contributed by atoms with Gasteiger partial charge in [0, 0.05) is 12.6 Å². The molecule has 4 rings (SSSR count). The summed E-state index contributed by atoms with van der Waals surface area (Å²) in [5.74, 6) is 0.938. The van der Waals surface area contributed by atoms with Crippen molar-refractivity contribution in [3.05, 3.63) is 70.7 Å². The summed E-state index contributed by atoms with van der Waals surface area (Å²) in [6, 6.07) is 18.8. The molecule has 35 heavy (non-hydrogen) atoms. The Bertz CT molecular complexity index is 1180. The summed E-state index contributed by atoms with van der Waals surface area (Å²) in [4.78, 5) is 28.0. The Kier molecular flexibility index (Phi) is 8.29. The van der Waals surface area contributed by atoms with E-state index in [9.17, 15) is 9.59 Å². The molecular formula is C28H31BrN2O4. The first-order chi connectivity index (χ1) is 17.0. The summed E-state index contributed by atoms with van der Waals surface area (Å²) in [6.07, 6.45) is 4.23. The Morgan fingerprint density at radius 1 is 1.06 bits per heavy atom. The molecule has 0 aromatic heterocycles. The monoisotopic (exact) mass is 538 g/mol. The minimum atomic E-state index is -0.631. The number of rotatable bonds is 9. The van der Waals surface area contributed by atoms with Gasteiger partial charge in [0.1, 0.15) is 17.5 Å². The normalized spacial score (nSPS) is 14.5. The van der Waals surface area contributed by atoms with Crippen molar-refractivity contribution in [2.75, 3.05) is 13.7 Å². The van der Waals surface area contributed by atoms with Crippen molar-refractivity contribution in [1.82, 2.24) is 10.2 Å². The summed E-state index contributed by atoms with van der Waals surface area (Å²) < 4.78 is 12.0. The molecule has 0 bridgehead atoms. The highest BCUT2D eigenvalue weighted by Crippen LogP contribution is 2.33. The van der Waals surface area contributed by atoms with Gasteiger partial charge in [-0.1, -0.05) is 55.3 Å². The topological polar surface area (TPSA) is 67.9 Å². The summed E-state index contributed by atoms with van der Waals surface area (Å²) >= 11 is 3.61. The van der Waals surface area contributed by atoms with Gasteiger partial charge in [0.25, 0.3) is 5.91 Å². The second kappa shape index (κ2) is 11.6. The summed E-state index contributed by atoms with van der Waals surface area (Å²) in [5.41, 5.74) is 0.909. The number of amides is 2. The number of fused-ring (bicyclic) bond motifs is 1. The van der Waals surface area contributed by atoms with Crippen molar-refractivity contribution in [1.29, 1.82) is 0 Å². The molecule has 6 nitrogen and oxygen atoms in total. The third kappa shape index (κ3) is 6.14. The van der Waals surface area contributed by atoms with Crippen LogP contribution in [0, 0.1) is 0 Å². The number of benzene rings is 3. The molecule has 1 fully saturated rings. The average molecular weight is 539 g/mol. The van der Waals surface area contributed by atoms with E-state index < -0.39 is 6.04 Å². The van der Waals surface area contributed by atoms with Crippen molar-refractivity contribution in [2.24, 2.45) is 0 Å². The number of carbonyl (C=O) groups is 2. The van der Waals surface area contributed by atoms with Crippen LogP contribution in [0.25, 0.3) is 10.8 Å². The van der Waals surface area contributed by atoms with Crippen molar-refractivity contribution in [3.8, 4) is 11.5 Å². The van der Waals surface area contributed by atoms with Crippen LogP contribution in [-0.4, -0.2) is 42.5 Å². The number of halogens is 1. The number of hydrogen-bond donors (Lipinski definition) is 1. The van der Waals surface area contributed by atoms with Gasteiger partial charge in [-0.3, -0.25) is 9.59 Å². The van der Waals surface area contributed by atoms with Gasteiger partial charge < -0.3 is 19.7 Å². The van der Waals surface area contributed by atoms with Crippen LogP contribution in [0.2, 0.25) is 0 Å². The first kappa shape index (κ1) is 25.0. The van der Waals surface area contributed by atoms with E-state index in [2.05, 4.69) is 21.2 Å². The fourth-order valence-electron chi connectivity index (χ4n) is 4.45. The van der Waals surface area contributed by atoms with E-state index in [-0.39, 0.29) is 24.5 Å². The highest BCUT2D eigenvalue weighted by Gasteiger charge is 2.29. The Hall–Kier alpha value is -3.06. The Labute approximate surface area is 214 Å². The highest BCUT2D eigenvalue weighted by atomic mass is 79.9. The fourth-order valence-corrected chi connectivity index (χ4v) is 5.06. The molecule has 0 unspecified atom stereocenters. The lowest BCUT2D eigenvalue weighted by Crippen LogP contribution is -2.50. The molecule has 184 valence electrons. The zero-order valence-corrected chi connectivity index (χ0v) is 21.7. The zero-order chi connectivity index (χ0) is 24.8. The molecule has 0 radical (unpaired) electrons. The van der Waals surface area contributed by atoms with Gasteiger partial charge in [-0.2, -0.15) is 0 Å². The molecule has 0 aliphatic heterocycles. The van der Waals surface area contributed by atoms with E-state index in [4.69, 9.17) is 9.47 Å². The minimum Gasteiger partial charge on any atom is -0.497 e. The Balaban J connectivity index is 1.50. The van der Waals surface area contributed by atoms with Crippen LogP contribution in [-0.2, 0) is 16.1 Å². The summed E-state index contributed by atoms with van der Waals surface area (Å²) in [6.45, 7) is 1.90. The van der Waals surface area contributed by atoms with Gasteiger partial charge in [-0.05, 0) is 70.2 Å². The third-order valence-electron chi connectivity index (χ3n) is 6.56. The molecule has 3 aromatic carbocycles. The molecule has 1 atom stereocenters. The first-order valence-electron chi connectivity index (χ1n) is 12.0. The lowest BCUT2D eigenvalue weighted by atomic mass is 10.1. The summed E-state index contributed by atoms with van der Waals surface area (Å²) in [7, 11) is 1.61. The molecule has 1 saturated carbocycles. The van der Waals surface area contributed by atoms with Crippen molar-refractivity contribution in [2.45, 2.75) is 51.2 Å². The SMILES string of the molecule is COc1ccc(CN(C(=O)COc2ccc3ccccc3c2Br)[C@@H](C)C(=O)NC2CCCC2)cc1. The van der Waals surface area contributed by atoms with E-state index >= 15 is 0 Å². The van der Waals surface area contributed by atoms with Gasteiger partial charge in [-0.15, -0.1) is 0 Å². The van der Waals surface area contributed by atoms with Crippen LogP contribution in [0.3, 0.4) is 0 Å². The number of carbonyl (C=O) groups excluding carboxylic acids is 2. The van der Waals surface area contributed by atoms with E-state index in [0.717, 1.165) is 52.2 Å². The largest absolute Gasteiger partial charge is 0.497 e. The number of nitrogens with zero attached hydrogens (tertiary/aromatic N) is 1. The lowest BCUT2D eigenvalue weighted by Gasteiger charge is -2.29. The molecule has 3 aromatic rings. The van der Waals surface area contributed by atoms with Crippen LogP contribution >= 0.6 is 15.9 Å². The number of ether oxygens (including phenoxy) is 2. The van der Waals surface area contributed by atoms with Crippen LogP contribution in [0.4, 0.5) is 0 Å². The third-order valence-corrected chi connectivity index (χ3v) is 7.38. The first-order valence-corrected chi connectivity index (χ1v) is 12.8. The van der Waals surface area contributed by atoms with E-state index in [1.54, 1.807) is 18.9 Å². The molecule has 1 N–H and O–H groups in total. The maximum absolute atomic E-state index is 13.4. The van der Waals surface area contributed by atoms with Crippen molar-refractivity contribution < 1.29 is 19.1 Å². The fraction of sp³-hybridized carbons (Fsp3) is 0.357. The van der Waals surface area contributed by atoms with Gasteiger partial charge in [0.15, 0.2) is 6.61 Å². The van der Waals surface area contributed by atoms with Crippen LogP contribution in [0.15, 0.2) is 65.1 Å². The van der Waals surface area contributed by atoms with Gasteiger partial charge in [-0.25, -0.2) is 0 Å². The summed E-state index contributed by atoms with van der Waals surface area (Å²) in [5, 5.41) is 5.21.